The number of rotatable bonds is 17. The molecule has 362 valence electrons. The number of aliphatic hydroxyl groups is 1. The number of nitrogens with zero attached hydrogens (tertiary/aromatic N) is 3. The van der Waals surface area contributed by atoms with Crippen LogP contribution in [0.3, 0.4) is 0 Å². The molecule has 68 heavy (non-hydrogen) atoms. The normalized spacial score (nSPS) is 14.4. The number of urea groups is 1. The van der Waals surface area contributed by atoms with Crippen LogP contribution >= 0.6 is 0 Å². The van der Waals surface area contributed by atoms with E-state index >= 15 is 0 Å². The maximum Gasteiger partial charge on any atom is 0.319 e. The zero-order valence-electron chi connectivity index (χ0n) is 40.0. The first-order valence-corrected chi connectivity index (χ1v) is 23.0. The fourth-order valence-corrected chi connectivity index (χ4v) is 8.52. The minimum absolute atomic E-state index is 0. The van der Waals surface area contributed by atoms with E-state index in [1.54, 1.807) is 50.4 Å². The topological polar surface area (TPSA) is 193 Å². The zero-order valence-corrected chi connectivity index (χ0v) is 40.0. The molecule has 2 amide bonds. The maximum atomic E-state index is 13.4. The van der Waals surface area contributed by atoms with Crippen molar-refractivity contribution in [3.8, 4) is 11.1 Å². The van der Waals surface area contributed by atoms with Gasteiger partial charge < -0.3 is 33.8 Å². The molecule has 1 aliphatic heterocycles. The van der Waals surface area contributed by atoms with Crippen LogP contribution in [0, 0.1) is 17.6 Å². The molecule has 0 spiro atoms. The number of likely N-dealkylation sites (N-methyl/N-ethyl adjacent to an activating group) is 1. The predicted octanol–water partition coefficient (Wildman–Crippen LogP) is 10.8. The van der Waals surface area contributed by atoms with Crippen molar-refractivity contribution in [1.29, 1.82) is 0 Å². The van der Waals surface area contributed by atoms with Crippen LogP contribution in [0.25, 0.3) is 21.9 Å². The molecule has 0 saturated carbocycles. The fraction of sp³-hybridized carbons (Fsp3) is 0.327. The third kappa shape index (κ3) is 15.9. The van der Waals surface area contributed by atoms with Gasteiger partial charge in [-0.3, -0.25) is 19.6 Å². The number of amides is 2. The van der Waals surface area contributed by atoms with Gasteiger partial charge in [0, 0.05) is 49.4 Å². The second-order valence-corrected chi connectivity index (χ2v) is 17.3. The summed E-state index contributed by atoms with van der Waals surface area (Å²) in [7, 11) is 1.61. The molecule has 11 nitrogen and oxygen atoms in total. The number of ketones is 1. The fourth-order valence-electron chi connectivity index (χ4n) is 8.52. The Morgan fingerprint density at radius 3 is 2.16 bits per heavy atom. The molecule has 1 heterocycles. The summed E-state index contributed by atoms with van der Waals surface area (Å²) in [6.07, 6.45) is 3.67. The van der Waals surface area contributed by atoms with Crippen LogP contribution in [-0.4, -0.2) is 84.0 Å². The van der Waals surface area contributed by atoms with Gasteiger partial charge in [0.25, 0.3) is 0 Å². The SMILES string of the molecule is CCN(C[C@H](O)[C@@H](C)NC(=O)Nc1cccc(C(N)=NC)c1)[C@@H](C)CCc1ccc(F)cc1.N.N.O=C(CC1CCN(Cc2ccc3cc(F)ccc3c2)CC1)c1ccccc1-c1ccccc1. The van der Waals surface area contributed by atoms with Crippen molar-refractivity contribution in [2.24, 2.45) is 16.6 Å². The van der Waals surface area contributed by atoms with E-state index in [-0.39, 0.29) is 35.8 Å². The van der Waals surface area contributed by atoms with E-state index in [0.29, 0.717) is 30.4 Å². The quantitative estimate of drug-likeness (QED) is 0.0295. The number of aliphatic hydroxyl groups excluding tert-OH is 1. The summed E-state index contributed by atoms with van der Waals surface area (Å²) in [5.74, 6) is 0.628. The average Bonchev–Trinajstić information content (AvgIpc) is 3.33. The third-order valence-corrected chi connectivity index (χ3v) is 12.6. The number of anilines is 1. The largest absolute Gasteiger partial charge is 0.390 e. The third-order valence-electron chi connectivity index (χ3n) is 12.6. The molecule has 0 aromatic heterocycles. The van der Waals surface area contributed by atoms with Crippen molar-refractivity contribution < 1.29 is 23.5 Å². The number of fused-ring (bicyclic) bond motifs is 1. The van der Waals surface area contributed by atoms with E-state index < -0.39 is 18.2 Å². The van der Waals surface area contributed by atoms with Gasteiger partial charge in [-0.25, -0.2) is 13.6 Å². The molecule has 11 N–H and O–H groups in total. The monoisotopic (exact) mass is 929 g/mol. The molecule has 1 aliphatic rings. The summed E-state index contributed by atoms with van der Waals surface area (Å²) < 4.78 is 26.5. The lowest BCUT2D eigenvalue weighted by molar-refractivity contribution is 0.0715. The van der Waals surface area contributed by atoms with Gasteiger partial charge in [-0.1, -0.05) is 104 Å². The number of hydrogen-bond acceptors (Lipinski definition) is 8. The van der Waals surface area contributed by atoms with Crippen LogP contribution in [0.2, 0.25) is 0 Å². The summed E-state index contributed by atoms with van der Waals surface area (Å²) in [6, 6.07) is 42.3. The number of nitrogens with two attached hydrogens (primary N) is 1. The lowest BCUT2D eigenvalue weighted by atomic mass is 9.87. The smallest absolute Gasteiger partial charge is 0.319 e. The molecule has 13 heteroatoms. The number of nitrogens with one attached hydrogen (secondary N) is 2. The van der Waals surface area contributed by atoms with Crippen molar-refractivity contribution in [2.45, 2.75) is 77.6 Å². The van der Waals surface area contributed by atoms with Crippen LogP contribution < -0.4 is 28.7 Å². The van der Waals surface area contributed by atoms with Crippen molar-refractivity contribution >= 4 is 34.1 Å². The molecular formula is C55H70F2N8O3. The molecule has 0 unspecified atom stereocenters. The summed E-state index contributed by atoms with van der Waals surface area (Å²) in [4.78, 5) is 34.2. The highest BCUT2D eigenvalue weighted by molar-refractivity contribution is 6.02. The van der Waals surface area contributed by atoms with Gasteiger partial charge in [-0.2, -0.15) is 0 Å². The highest BCUT2D eigenvalue weighted by atomic mass is 19.1. The number of aryl methyl sites for hydroxylation is 1. The minimum Gasteiger partial charge on any atom is -0.390 e. The predicted molar refractivity (Wildman–Crippen MR) is 275 cm³/mol. The van der Waals surface area contributed by atoms with Gasteiger partial charge in [0.05, 0.1) is 12.1 Å². The summed E-state index contributed by atoms with van der Waals surface area (Å²) in [5, 5.41) is 18.3. The Kier molecular flexibility index (Phi) is 21.4. The number of likely N-dealkylation sites (tertiary alicyclic amines) is 1. The Labute approximate surface area is 401 Å². The van der Waals surface area contributed by atoms with Crippen LogP contribution in [0.4, 0.5) is 19.3 Å². The van der Waals surface area contributed by atoms with E-state index in [9.17, 15) is 23.5 Å². The van der Waals surface area contributed by atoms with Gasteiger partial charge in [0.1, 0.15) is 17.5 Å². The summed E-state index contributed by atoms with van der Waals surface area (Å²) in [6.45, 7) is 10.0. The minimum atomic E-state index is -0.738. The van der Waals surface area contributed by atoms with Crippen molar-refractivity contribution in [3.63, 3.8) is 0 Å². The second-order valence-electron chi connectivity index (χ2n) is 17.3. The van der Waals surface area contributed by atoms with Crippen LogP contribution in [0.15, 0.2) is 145 Å². The van der Waals surface area contributed by atoms with Gasteiger partial charge in [0.15, 0.2) is 5.78 Å². The molecule has 1 fully saturated rings. The van der Waals surface area contributed by atoms with Crippen LogP contribution in [0.1, 0.15) is 73.5 Å². The van der Waals surface area contributed by atoms with E-state index in [1.165, 1.54) is 23.8 Å². The number of carbonyl (C=O) groups excluding carboxylic acids is 2. The van der Waals surface area contributed by atoms with E-state index in [1.807, 2.05) is 67.6 Å². The Balaban J connectivity index is 0.000000288. The Hall–Kier alpha value is -6.35. The number of hydrogen-bond donors (Lipinski definition) is 6. The van der Waals surface area contributed by atoms with E-state index in [4.69, 9.17) is 5.73 Å². The molecular weight excluding hydrogens is 859 g/mol. The van der Waals surface area contributed by atoms with Gasteiger partial charge >= 0.3 is 6.03 Å². The van der Waals surface area contributed by atoms with E-state index in [0.717, 1.165) is 90.5 Å². The first-order chi connectivity index (χ1) is 31.9. The van der Waals surface area contributed by atoms with Crippen molar-refractivity contribution in [1.82, 2.24) is 27.4 Å². The van der Waals surface area contributed by atoms with Gasteiger partial charge in [-0.15, -0.1) is 0 Å². The Morgan fingerprint density at radius 2 is 1.46 bits per heavy atom. The number of aliphatic imine (C=N–C) groups is 1. The molecule has 6 aromatic rings. The number of piperidine rings is 1. The Bertz CT molecular complexity index is 2530. The maximum absolute atomic E-state index is 13.4. The van der Waals surface area contributed by atoms with Gasteiger partial charge in [-0.05, 0) is 141 Å². The molecule has 3 atom stereocenters. The molecule has 1 saturated heterocycles. The first-order valence-electron chi connectivity index (χ1n) is 23.0. The number of benzene rings is 6. The summed E-state index contributed by atoms with van der Waals surface area (Å²) >= 11 is 0. The molecule has 7 rings (SSSR count). The highest BCUT2D eigenvalue weighted by Crippen LogP contribution is 2.29. The number of halogens is 2. The molecule has 6 aromatic carbocycles. The lowest BCUT2D eigenvalue weighted by Gasteiger charge is -2.32. The van der Waals surface area contributed by atoms with Crippen molar-refractivity contribution in [2.75, 3.05) is 38.5 Å². The number of amidine groups is 1. The van der Waals surface area contributed by atoms with E-state index in [2.05, 4.69) is 56.6 Å². The molecule has 0 radical (unpaired) electrons. The number of carbonyl (C=O) groups is 2. The average molecular weight is 929 g/mol. The molecule has 0 aliphatic carbocycles. The Morgan fingerprint density at radius 1 is 0.809 bits per heavy atom. The summed E-state index contributed by atoms with van der Waals surface area (Å²) in [5.41, 5.74) is 12.4. The van der Waals surface area contributed by atoms with Crippen LogP contribution in [0.5, 0.6) is 0 Å². The zero-order chi connectivity index (χ0) is 47.0. The second kappa shape index (κ2) is 26.9. The van der Waals surface area contributed by atoms with Crippen molar-refractivity contribution in [3.05, 3.63) is 173 Å². The molecule has 0 bridgehead atoms. The lowest BCUT2D eigenvalue weighted by Crippen LogP contribution is -2.49. The van der Waals surface area contributed by atoms with Gasteiger partial charge in [0.2, 0.25) is 0 Å². The first kappa shape index (κ1) is 54.3. The standard InChI is InChI=1S/C30H28FNO.C25H36FN5O2.2H3N/c31-27-13-12-25-18-23(10-11-26(25)20-27)21-32-16-14-22(15-17-32)19-30(33)29-9-5-4-8-28(29)24-6-2-1-3-7-24;1-5-31(17(2)9-10-19-11-13-21(26)14-12-19)16-23(32)18(3)29-25(33)30-22-8-6-7-20(15-22)24(27)28-4;;/h1-13,18,20,22H,14-17,19,21H2;6-8,11-15,17-18,23,32H,5,9-10,16H2,1-4H3,(H2,27,28)(H2,29,30,33);2*1H3/t;17-,18+,23-;;/m.0../s1. The van der Waals surface area contributed by atoms with Crippen LogP contribution in [-0.2, 0) is 13.0 Å². The highest BCUT2D eigenvalue weighted by Gasteiger charge is 2.24. The number of Topliss-reactive ketones (excluding diaryl/α,β-unsaturated/α-hetero) is 1.